The molecule has 0 radical (unpaired) electrons. The predicted octanol–water partition coefficient (Wildman–Crippen LogP) is 7.33. The molecule has 0 fully saturated rings. The highest BCUT2D eigenvalue weighted by molar-refractivity contribution is 6.19. The van der Waals surface area contributed by atoms with Crippen molar-refractivity contribution < 1.29 is 9.53 Å². The lowest BCUT2D eigenvalue weighted by molar-refractivity contribution is 0.103. The van der Waals surface area contributed by atoms with Crippen LogP contribution < -0.4 is 21.9 Å². The Bertz CT molecular complexity index is 1940. The van der Waals surface area contributed by atoms with Crippen molar-refractivity contribution in [3.63, 3.8) is 0 Å². The molecule has 0 bridgehead atoms. The molecule has 0 atom stereocenters. The van der Waals surface area contributed by atoms with E-state index >= 15 is 0 Å². The van der Waals surface area contributed by atoms with Gasteiger partial charge in [-0.05, 0) is 63.5 Å². The van der Waals surface area contributed by atoms with E-state index in [1.54, 1.807) is 18.2 Å². The van der Waals surface area contributed by atoms with E-state index in [1.165, 1.54) is 5.39 Å². The summed E-state index contributed by atoms with van der Waals surface area (Å²) in [7, 11) is 0. The Kier molecular flexibility index (Phi) is 5.07. The second-order valence-corrected chi connectivity index (χ2v) is 9.98. The minimum atomic E-state index is -0.226. The van der Waals surface area contributed by atoms with Crippen LogP contribution in [0.25, 0.3) is 32.7 Å². The monoisotopic (exact) mass is 507 g/mol. The number of anilines is 3. The molecule has 0 saturated carbocycles. The number of hydrogen-bond acceptors (Lipinski definition) is 5. The topological polar surface area (TPSA) is 104 Å². The van der Waals surface area contributed by atoms with E-state index in [4.69, 9.17) is 21.9 Å². The van der Waals surface area contributed by atoms with Crippen molar-refractivity contribution in [2.24, 2.45) is 0 Å². The predicted molar refractivity (Wildman–Crippen MR) is 159 cm³/mol. The Hall–Kier alpha value is -5.29. The zero-order chi connectivity index (χ0) is 26.7. The zero-order valence-electron chi connectivity index (χ0n) is 21.1. The number of nitrogens with two attached hydrogens (primary N) is 3. The fourth-order valence-corrected chi connectivity index (χ4v) is 5.78. The molecule has 1 aliphatic rings. The minimum absolute atomic E-state index is 0.226. The highest BCUT2D eigenvalue weighted by atomic mass is 16.5. The van der Waals surface area contributed by atoms with Gasteiger partial charge in [-0.2, -0.15) is 0 Å². The van der Waals surface area contributed by atoms with E-state index < -0.39 is 0 Å². The molecule has 6 N–H and O–H groups in total. The van der Waals surface area contributed by atoms with Crippen LogP contribution in [0.1, 0.15) is 27.0 Å². The Morgan fingerprint density at radius 2 is 1.33 bits per heavy atom. The third kappa shape index (κ3) is 3.67. The van der Waals surface area contributed by atoms with Crippen molar-refractivity contribution in [1.82, 2.24) is 0 Å². The number of ether oxygens (including phenoxy) is 1. The van der Waals surface area contributed by atoms with E-state index in [0.717, 1.165) is 49.9 Å². The lowest BCUT2D eigenvalue weighted by Gasteiger charge is -2.25. The average Bonchev–Trinajstić information content (AvgIpc) is 2.95. The molecule has 5 heteroatoms. The molecule has 5 nitrogen and oxygen atoms in total. The molecule has 0 unspecified atom stereocenters. The molecule has 0 spiro atoms. The SMILES string of the molecule is Nc1cc(N)cc(C(=O)c2cc3ccc4c(c3c(-c3ccccc3)c2N)Cc2c(ccc3ccccc23)O4)c1. The largest absolute Gasteiger partial charge is 0.457 e. The molecule has 1 heterocycles. The van der Waals surface area contributed by atoms with Crippen molar-refractivity contribution in [3.05, 3.63) is 125 Å². The van der Waals surface area contributed by atoms with Gasteiger partial charge < -0.3 is 21.9 Å². The van der Waals surface area contributed by atoms with Gasteiger partial charge in [0.2, 0.25) is 0 Å². The summed E-state index contributed by atoms with van der Waals surface area (Å²) in [5.41, 5.74) is 24.9. The summed E-state index contributed by atoms with van der Waals surface area (Å²) in [5, 5.41) is 4.23. The van der Waals surface area contributed by atoms with Gasteiger partial charge in [-0.25, -0.2) is 0 Å². The lowest BCUT2D eigenvalue weighted by Crippen LogP contribution is -2.10. The van der Waals surface area contributed by atoms with Gasteiger partial charge in [0.1, 0.15) is 11.5 Å². The molecule has 188 valence electrons. The quantitative estimate of drug-likeness (QED) is 0.171. The smallest absolute Gasteiger partial charge is 0.195 e. The first kappa shape index (κ1) is 22.9. The van der Waals surface area contributed by atoms with E-state index in [9.17, 15) is 4.79 Å². The third-order valence-corrected chi connectivity index (χ3v) is 7.53. The molecule has 0 saturated heterocycles. The highest BCUT2D eigenvalue weighted by Crippen LogP contribution is 2.47. The van der Waals surface area contributed by atoms with Crippen LogP contribution in [0.2, 0.25) is 0 Å². The van der Waals surface area contributed by atoms with Gasteiger partial charge in [0.15, 0.2) is 5.78 Å². The highest BCUT2D eigenvalue weighted by Gasteiger charge is 2.26. The van der Waals surface area contributed by atoms with Gasteiger partial charge in [0, 0.05) is 45.6 Å². The van der Waals surface area contributed by atoms with Crippen molar-refractivity contribution in [2.75, 3.05) is 17.2 Å². The van der Waals surface area contributed by atoms with Crippen molar-refractivity contribution in [1.29, 1.82) is 0 Å². The molecule has 6 aromatic carbocycles. The Labute approximate surface area is 225 Å². The van der Waals surface area contributed by atoms with Crippen LogP contribution in [0.4, 0.5) is 17.1 Å². The second-order valence-electron chi connectivity index (χ2n) is 9.98. The molecule has 0 aliphatic carbocycles. The molecule has 0 aromatic heterocycles. The van der Waals surface area contributed by atoms with Crippen molar-refractivity contribution in [3.8, 4) is 22.6 Å². The minimum Gasteiger partial charge on any atom is -0.457 e. The summed E-state index contributed by atoms with van der Waals surface area (Å²) in [4.78, 5) is 13.8. The molecule has 7 rings (SSSR count). The Morgan fingerprint density at radius 3 is 2.10 bits per heavy atom. The summed E-state index contributed by atoms with van der Waals surface area (Å²) in [5.74, 6) is 1.43. The molecule has 6 aromatic rings. The van der Waals surface area contributed by atoms with Crippen molar-refractivity contribution in [2.45, 2.75) is 6.42 Å². The van der Waals surface area contributed by atoms with Crippen LogP contribution in [0.3, 0.4) is 0 Å². The first-order valence-corrected chi connectivity index (χ1v) is 12.8. The Morgan fingerprint density at radius 1 is 0.667 bits per heavy atom. The van der Waals surface area contributed by atoms with Gasteiger partial charge in [0.25, 0.3) is 0 Å². The van der Waals surface area contributed by atoms with Gasteiger partial charge >= 0.3 is 0 Å². The zero-order valence-corrected chi connectivity index (χ0v) is 21.1. The maximum Gasteiger partial charge on any atom is 0.195 e. The lowest BCUT2D eigenvalue weighted by atomic mass is 9.85. The number of nitrogen functional groups attached to an aromatic ring is 3. The van der Waals surface area contributed by atoms with Gasteiger partial charge in [-0.1, -0.05) is 66.7 Å². The number of benzene rings is 6. The first-order chi connectivity index (χ1) is 19.0. The summed E-state index contributed by atoms with van der Waals surface area (Å²) < 4.78 is 6.46. The number of fused-ring (bicyclic) bond motifs is 6. The fourth-order valence-electron chi connectivity index (χ4n) is 5.78. The molecular weight excluding hydrogens is 482 g/mol. The standard InChI is InChI=1S/C34H25N3O2/c35-23-14-22(15-24(36)17-23)34(38)28-16-21-11-13-30-27(31(21)32(33(28)37)20-7-2-1-3-8-20)18-26-25-9-5-4-6-19(25)10-12-29(26)39-30/h1-17H,18,35-37H2. The number of hydrogen-bond donors (Lipinski definition) is 3. The van der Waals surface area contributed by atoms with E-state index in [0.29, 0.717) is 34.6 Å². The number of carbonyl (C=O) groups excluding carboxylic acids is 1. The van der Waals surface area contributed by atoms with Gasteiger partial charge in [-0.3, -0.25) is 4.79 Å². The second kappa shape index (κ2) is 8.64. The van der Waals surface area contributed by atoms with E-state index in [2.05, 4.69) is 24.3 Å². The van der Waals surface area contributed by atoms with Crippen LogP contribution in [-0.2, 0) is 6.42 Å². The van der Waals surface area contributed by atoms with Crippen molar-refractivity contribution >= 4 is 44.4 Å². The molecule has 1 aliphatic heterocycles. The summed E-state index contributed by atoms with van der Waals surface area (Å²) in [6.07, 6.45) is 0.682. The van der Waals surface area contributed by atoms with Crippen LogP contribution in [0.5, 0.6) is 11.5 Å². The van der Waals surface area contributed by atoms with Gasteiger partial charge in [-0.15, -0.1) is 0 Å². The maximum atomic E-state index is 13.8. The summed E-state index contributed by atoms with van der Waals surface area (Å²) in [6, 6.07) is 33.2. The fraction of sp³-hybridized carbons (Fsp3) is 0.0294. The Balaban J connectivity index is 1.50. The van der Waals surface area contributed by atoms with E-state index in [-0.39, 0.29) is 5.78 Å². The first-order valence-electron chi connectivity index (χ1n) is 12.8. The van der Waals surface area contributed by atoms with Gasteiger partial charge in [0.05, 0.1) is 5.69 Å². The average molecular weight is 508 g/mol. The normalized spacial score (nSPS) is 12.1. The van der Waals surface area contributed by atoms with E-state index in [1.807, 2.05) is 60.7 Å². The number of carbonyl (C=O) groups is 1. The number of ketones is 1. The number of rotatable bonds is 3. The summed E-state index contributed by atoms with van der Waals surface area (Å²) >= 11 is 0. The van der Waals surface area contributed by atoms with Crippen LogP contribution in [0, 0.1) is 0 Å². The maximum absolute atomic E-state index is 13.8. The van der Waals surface area contributed by atoms with Crippen LogP contribution >= 0.6 is 0 Å². The third-order valence-electron chi connectivity index (χ3n) is 7.53. The van der Waals surface area contributed by atoms with Crippen LogP contribution in [-0.4, -0.2) is 5.78 Å². The van der Waals surface area contributed by atoms with Crippen LogP contribution in [0.15, 0.2) is 103 Å². The molecule has 39 heavy (non-hydrogen) atoms. The summed E-state index contributed by atoms with van der Waals surface area (Å²) in [6.45, 7) is 0. The molecule has 0 amide bonds. The molecular formula is C34H25N3O2.